The molecule has 0 unspecified atom stereocenters. The summed E-state index contributed by atoms with van der Waals surface area (Å²) in [4.78, 5) is 13.0. The van der Waals surface area contributed by atoms with Gasteiger partial charge in [-0.25, -0.2) is 4.79 Å². The van der Waals surface area contributed by atoms with Crippen molar-refractivity contribution in [3.05, 3.63) is 47.5 Å². The van der Waals surface area contributed by atoms with E-state index >= 15 is 0 Å². The van der Waals surface area contributed by atoms with Crippen molar-refractivity contribution in [2.24, 2.45) is 5.41 Å². The van der Waals surface area contributed by atoms with Gasteiger partial charge in [0.2, 0.25) is 0 Å². The molecule has 0 aliphatic rings. The second kappa shape index (κ2) is 12.7. The van der Waals surface area contributed by atoms with Crippen LogP contribution < -0.4 is 9.47 Å². The standard InChI is InChI=1S/C29H36N4O4S/c1-7-20-16-23(36-14-8-13-33(28(34)35)18-29(4,5)6)10-11-24(20)27-32-31-26(38-27)21-9-12-25(37-19(2)3)22(15-21)17-30/h9-12,15-16,19H,7-8,13-14,18H2,1-6H3,(H,34,35). The second-order valence-electron chi connectivity index (χ2n) is 10.5. The number of hydrogen-bond donors (Lipinski definition) is 1. The molecule has 0 spiro atoms. The lowest BCUT2D eigenvalue weighted by Crippen LogP contribution is -2.37. The van der Waals surface area contributed by atoms with Crippen LogP contribution in [0.5, 0.6) is 11.5 Å². The molecule has 0 aliphatic carbocycles. The van der Waals surface area contributed by atoms with E-state index in [0.29, 0.717) is 37.4 Å². The maximum absolute atomic E-state index is 11.5. The molecular weight excluding hydrogens is 500 g/mol. The first-order valence-electron chi connectivity index (χ1n) is 12.8. The van der Waals surface area contributed by atoms with Crippen LogP contribution >= 0.6 is 11.3 Å². The summed E-state index contributed by atoms with van der Waals surface area (Å²) < 4.78 is 11.7. The maximum atomic E-state index is 11.5. The van der Waals surface area contributed by atoms with Crippen LogP contribution in [-0.2, 0) is 6.42 Å². The van der Waals surface area contributed by atoms with E-state index in [1.165, 1.54) is 16.2 Å². The molecule has 0 fully saturated rings. The molecule has 0 saturated heterocycles. The van der Waals surface area contributed by atoms with Crippen molar-refractivity contribution < 1.29 is 19.4 Å². The van der Waals surface area contributed by atoms with E-state index in [0.717, 1.165) is 38.9 Å². The number of nitrogens with zero attached hydrogens (tertiary/aromatic N) is 4. The highest BCUT2D eigenvalue weighted by atomic mass is 32.1. The Hall–Kier alpha value is -3.64. The third-order valence-electron chi connectivity index (χ3n) is 5.60. The van der Waals surface area contributed by atoms with Gasteiger partial charge < -0.3 is 19.5 Å². The van der Waals surface area contributed by atoms with Gasteiger partial charge in [-0.05, 0) is 74.1 Å². The average Bonchev–Trinajstić information content (AvgIpc) is 3.35. The molecule has 0 saturated carbocycles. The van der Waals surface area contributed by atoms with E-state index in [-0.39, 0.29) is 11.5 Å². The average molecular weight is 537 g/mol. The van der Waals surface area contributed by atoms with E-state index in [4.69, 9.17) is 9.47 Å². The second-order valence-corrected chi connectivity index (χ2v) is 11.5. The van der Waals surface area contributed by atoms with Crippen molar-refractivity contribution in [2.45, 2.75) is 60.5 Å². The molecule has 3 rings (SSSR count). The van der Waals surface area contributed by atoms with Gasteiger partial charge >= 0.3 is 6.09 Å². The van der Waals surface area contributed by atoms with Gasteiger partial charge in [0.15, 0.2) is 0 Å². The Kier molecular flexibility index (Phi) is 9.70. The van der Waals surface area contributed by atoms with E-state index in [1.807, 2.05) is 58.9 Å². The van der Waals surface area contributed by atoms with Gasteiger partial charge in [0.05, 0.1) is 18.3 Å². The number of carboxylic acid groups (broad SMARTS) is 1. The minimum Gasteiger partial charge on any atom is -0.494 e. The molecule has 38 heavy (non-hydrogen) atoms. The highest BCUT2D eigenvalue weighted by Gasteiger charge is 2.20. The van der Waals surface area contributed by atoms with Crippen molar-refractivity contribution in [1.82, 2.24) is 15.1 Å². The van der Waals surface area contributed by atoms with E-state index in [9.17, 15) is 15.2 Å². The summed E-state index contributed by atoms with van der Waals surface area (Å²) in [6.45, 7) is 13.3. The van der Waals surface area contributed by atoms with Gasteiger partial charge in [-0.3, -0.25) is 0 Å². The van der Waals surface area contributed by atoms with Gasteiger partial charge in [-0.2, -0.15) is 5.26 Å². The van der Waals surface area contributed by atoms with Crippen LogP contribution in [0.3, 0.4) is 0 Å². The Bertz CT molecular complexity index is 1290. The third-order valence-corrected chi connectivity index (χ3v) is 6.61. The summed E-state index contributed by atoms with van der Waals surface area (Å²) in [7, 11) is 0. The summed E-state index contributed by atoms with van der Waals surface area (Å²) in [5, 5.41) is 29.3. The monoisotopic (exact) mass is 536 g/mol. The predicted molar refractivity (Wildman–Crippen MR) is 150 cm³/mol. The van der Waals surface area contributed by atoms with Gasteiger partial charge in [0.25, 0.3) is 0 Å². The fourth-order valence-electron chi connectivity index (χ4n) is 3.98. The summed E-state index contributed by atoms with van der Waals surface area (Å²) in [5.41, 5.74) is 3.27. The van der Waals surface area contributed by atoms with Gasteiger partial charge in [0.1, 0.15) is 27.6 Å². The molecule has 0 atom stereocenters. The van der Waals surface area contributed by atoms with Gasteiger partial charge in [-0.1, -0.05) is 39.0 Å². The molecule has 202 valence electrons. The van der Waals surface area contributed by atoms with Gasteiger partial charge in [-0.15, -0.1) is 10.2 Å². The first-order chi connectivity index (χ1) is 18.0. The molecule has 9 heteroatoms. The zero-order chi connectivity index (χ0) is 27.9. The van der Waals surface area contributed by atoms with Crippen molar-refractivity contribution in [2.75, 3.05) is 19.7 Å². The number of amides is 1. The topological polar surface area (TPSA) is 109 Å². The van der Waals surface area contributed by atoms with Crippen molar-refractivity contribution >= 4 is 17.4 Å². The number of carbonyl (C=O) groups is 1. The van der Waals surface area contributed by atoms with Crippen LogP contribution in [0.25, 0.3) is 21.1 Å². The van der Waals surface area contributed by atoms with Crippen LogP contribution in [0.15, 0.2) is 36.4 Å². The summed E-state index contributed by atoms with van der Waals surface area (Å²) in [5.74, 6) is 1.30. The van der Waals surface area contributed by atoms with Crippen LogP contribution in [-0.4, -0.2) is 52.1 Å². The quantitative estimate of drug-likeness (QED) is 0.266. The lowest BCUT2D eigenvalue weighted by atomic mass is 9.96. The van der Waals surface area contributed by atoms with E-state index in [1.54, 1.807) is 12.1 Å². The molecule has 3 aromatic rings. The Morgan fingerprint density at radius 1 is 1.16 bits per heavy atom. The first-order valence-corrected chi connectivity index (χ1v) is 13.6. The fraction of sp³-hybridized carbons (Fsp3) is 0.448. The number of benzene rings is 2. The molecule has 0 radical (unpaired) electrons. The zero-order valence-corrected chi connectivity index (χ0v) is 23.8. The molecule has 0 aliphatic heterocycles. The van der Waals surface area contributed by atoms with Crippen molar-refractivity contribution in [1.29, 1.82) is 5.26 Å². The largest absolute Gasteiger partial charge is 0.494 e. The zero-order valence-electron chi connectivity index (χ0n) is 22.9. The number of ether oxygens (including phenoxy) is 2. The molecule has 1 amide bonds. The number of aryl methyl sites for hydroxylation is 1. The molecule has 8 nitrogen and oxygen atoms in total. The van der Waals surface area contributed by atoms with Crippen LogP contribution in [0.4, 0.5) is 4.79 Å². The Labute approximate surface area is 228 Å². The van der Waals surface area contributed by atoms with Crippen LogP contribution in [0.2, 0.25) is 0 Å². The van der Waals surface area contributed by atoms with Crippen LogP contribution in [0.1, 0.15) is 59.1 Å². The van der Waals surface area contributed by atoms with Crippen molar-refractivity contribution in [3.63, 3.8) is 0 Å². The first kappa shape index (κ1) is 28.9. The molecule has 0 bridgehead atoms. The highest BCUT2D eigenvalue weighted by Crippen LogP contribution is 2.35. The van der Waals surface area contributed by atoms with E-state index in [2.05, 4.69) is 23.2 Å². The molecule has 1 aromatic heterocycles. The number of hydrogen-bond acceptors (Lipinski definition) is 7. The minimum absolute atomic E-state index is 0.0200. The normalized spacial score (nSPS) is 11.3. The summed E-state index contributed by atoms with van der Waals surface area (Å²) in [6.07, 6.45) is 0.475. The highest BCUT2D eigenvalue weighted by molar-refractivity contribution is 7.17. The molecule has 1 heterocycles. The summed E-state index contributed by atoms with van der Waals surface area (Å²) in [6, 6.07) is 13.6. The van der Waals surface area contributed by atoms with Crippen molar-refractivity contribution in [3.8, 4) is 38.7 Å². The number of rotatable bonds is 11. The Morgan fingerprint density at radius 3 is 2.53 bits per heavy atom. The fourth-order valence-corrected chi connectivity index (χ4v) is 4.88. The minimum atomic E-state index is -0.905. The predicted octanol–water partition coefficient (Wildman–Crippen LogP) is 6.89. The SMILES string of the molecule is CCc1cc(OCCCN(CC(C)(C)C)C(=O)O)ccc1-c1nnc(-c2ccc(OC(C)C)c(C#N)c2)s1. The Morgan fingerprint density at radius 2 is 1.89 bits per heavy atom. The maximum Gasteiger partial charge on any atom is 0.407 e. The van der Waals surface area contributed by atoms with Gasteiger partial charge in [0, 0.05) is 24.2 Å². The smallest absolute Gasteiger partial charge is 0.407 e. The Balaban J connectivity index is 1.69. The van der Waals surface area contributed by atoms with E-state index < -0.39 is 6.09 Å². The molecular formula is C29H36N4O4S. The van der Waals surface area contributed by atoms with Crippen LogP contribution in [0, 0.1) is 16.7 Å². The molecule has 1 N–H and O–H groups in total. The summed E-state index contributed by atoms with van der Waals surface area (Å²) >= 11 is 1.47. The lowest BCUT2D eigenvalue weighted by Gasteiger charge is -2.27. The third kappa shape index (κ3) is 7.93. The number of nitriles is 1. The number of aromatic nitrogens is 2. The lowest BCUT2D eigenvalue weighted by molar-refractivity contribution is 0.122. The molecule has 2 aromatic carbocycles.